The van der Waals surface area contributed by atoms with Crippen molar-refractivity contribution in [1.29, 1.82) is 0 Å². The summed E-state index contributed by atoms with van der Waals surface area (Å²) in [5.74, 6) is 1.12. The third-order valence-corrected chi connectivity index (χ3v) is 5.68. The maximum absolute atomic E-state index is 12.4. The predicted octanol–water partition coefficient (Wildman–Crippen LogP) is 1.65. The fourth-order valence-corrected chi connectivity index (χ4v) is 2.97. The molecule has 23 heavy (non-hydrogen) atoms. The highest BCUT2D eigenvalue weighted by atomic mass is 32.2. The Kier molecular flexibility index (Phi) is 7.02. The van der Waals surface area contributed by atoms with E-state index in [2.05, 4.69) is 36.4 Å². The van der Waals surface area contributed by atoms with E-state index in [0.29, 0.717) is 28.9 Å². The summed E-state index contributed by atoms with van der Waals surface area (Å²) in [6.45, 7) is 6.73. The van der Waals surface area contributed by atoms with Crippen molar-refractivity contribution < 1.29 is 8.42 Å². The van der Waals surface area contributed by atoms with Crippen LogP contribution in [-0.4, -0.2) is 45.9 Å². The average Bonchev–Trinajstić information content (AvgIpc) is 2.51. The summed E-state index contributed by atoms with van der Waals surface area (Å²) in [6.07, 6.45) is 0. The molecule has 6 nitrogen and oxygen atoms in total. The van der Waals surface area contributed by atoms with E-state index in [-0.39, 0.29) is 6.04 Å². The minimum absolute atomic E-state index is 0.266. The molecule has 0 aliphatic carbocycles. The second-order valence-corrected chi connectivity index (χ2v) is 8.12. The van der Waals surface area contributed by atoms with Crippen LogP contribution >= 0.6 is 0 Å². The van der Waals surface area contributed by atoms with Crippen LogP contribution in [0.5, 0.6) is 0 Å². The maximum Gasteiger partial charge on any atom is 0.242 e. The number of aliphatic imine (C=N–C) groups is 1. The Morgan fingerprint density at radius 1 is 1.22 bits per heavy atom. The number of benzene rings is 1. The van der Waals surface area contributed by atoms with Gasteiger partial charge in [-0.3, -0.25) is 4.99 Å². The lowest BCUT2D eigenvalue weighted by atomic mass is 10.1. The van der Waals surface area contributed by atoms with Crippen molar-refractivity contribution >= 4 is 16.0 Å². The lowest BCUT2D eigenvalue weighted by Gasteiger charge is -2.21. The van der Waals surface area contributed by atoms with E-state index in [1.807, 2.05) is 12.1 Å². The predicted molar refractivity (Wildman–Crippen MR) is 94.9 cm³/mol. The summed E-state index contributed by atoms with van der Waals surface area (Å²) in [5.41, 5.74) is 0.710. The summed E-state index contributed by atoms with van der Waals surface area (Å²) >= 11 is 0. The van der Waals surface area contributed by atoms with Gasteiger partial charge in [0.15, 0.2) is 5.96 Å². The fraction of sp³-hybridized carbons (Fsp3) is 0.562. The zero-order chi connectivity index (χ0) is 17.6. The zero-order valence-corrected chi connectivity index (χ0v) is 15.6. The van der Waals surface area contributed by atoms with E-state index >= 15 is 0 Å². The molecule has 2 N–H and O–H groups in total. The van der Waals surface area contributed by atoms with Gasteiger partial charge < -0.3 is 10.6 Å². The second kappa shape index (κ2) is 8.31. The van der Waals surface area contributed by atoms with Crippen LogP contribution in [0, 0.1) is 5.92 Å². The number of guanidine groups is 1. The standard InChI is InChI=1S/C16H28N4O2S/c1-12(2)13(3)19-16(17-4)18-11-14-9-7-8-10-15(14)23(21,22)20(5)6/h7-10,12-13H,11H2,1-6H3,(H2,17,18,19). The lowest BCUT2D eigenvalue weighted by molar-refractivity contribution is 0.480. The monoisotopic (exact) mass is 340 g/mol. The van der Waals surface area contributed by atoms with Gasteiger partial charge in [0.25, 0.3) is 0 Å². The van der Waals surface area contributed by atoms with Crippen LogP contribution in [0.1, 0.15) is 26.3 Å². The van der Waals surface area contributed by atoms with Crippen molar-refractivity contribution in [2.24, 2.45) is 10.9 Å². The molecule has 0 aliphatic heterocycles. The first-order chi connectivity index (χ1) is 10.7. The quantitative estimate of drug-likeness (QED) is 0.610. The number of hydrogen-bond donors (Lipinski definition) is 2. The van der Waals surface area contributed by atoms with E-state index in [1.165, 1.54) is 18.4 Å². The topological polar surface area (TPSA) is 73.8 Å². The molecule has 0 aliphatic rings. The van der Waals surface area contributed by atoms with Gasteiger partial charge in [0, 0.05) is 33.7 Å². The molecule has 0 amide bonds. The van der Waals surface area contributed by atoms with E-state index < -0.39 is 10.0 Å². The van der Waals surface area contributed by atoms with Crippen molar-refractivity contribution in [3.63, 3.8) is 0 Å². The zero-order valence-electron chi connectivity index (χ0n) is 14.8. The van der Waals surface area contributed by atoms with Crippen molar-refractivity contribution in [1.82, 2.24) is 14.9 Å². The lowest BCUT2D eigenvalue weighted by Crippen LogP contribution is -2.44. The smallest absolute Gasteiger partial charge is 0.242 e. The first-order valence-electron chi connectivity index (χ1n) is 7.67. The number of sulfonamides is 1. The Labute approximate surface area is 140 Å². The fourth-order valence-electron chi connectivity index (χ4n) is 1.85. The molecule has 0 bridgehead atoms. The molecule has 1 unspecified atom stereocenters. The van der Waals surface area contributed by atoms with E-state index in [0.717, 1.165) is 0 Å². The molecule has 0 radical (unpaired) electrons. The molecular formula is C16H28N4O2S. The molecule has 0 aromatic heterocycles. The highest BCUT2D eigenvalue weighted by Crippen LogP contribution is 2.18. The van der Waals surface area contributed by atoms with Crippen molar-refractivity contribution in [3.05, 3.63) is 29.8 Å². The molecule has 0 spiro atoms. The van der Waals surface area contributed by atoms with Gasteiger partial charge in [0.05, 0.1) is 4.90 Å². The van der Waals surface area contributed by atoms with Gasteiger partial charge in [-0.2, -0.15) is 0 Å². The summed E-state index contributed by atoms with van der Waals surface area (Å²) in [7, 11) is 1.30. The van der Waals surface area contributed by atoms with Crippen molar-refractivity contribution in [3.8, 4) is 0 Å². The van der Waals surface area contributed by atoms with Gasteiger partial charge in [-0.25, -0.2) is 12.7 Å². The van der Waals surface area contributed by atoms with Crippen LogP contribution in [0.3, 0.4) is 0 Å². The Hall–Kier alpha value is -1.60. The Balaban J connectivity index is 2.91. The van der Waals surface area contributed by atoms with Crippen LogP contribution in [0.2, 0.25) is 0 Å². The molecule has 1 rings (SSSR count). The van der Waals surface area contributed by atoms with Gasteiger partial charge in [0.2, 0.25) is 10.0 Å². The van der Waals surface area contributed by atoms with E-state index in [9.17, 15) is 8.42 Å². The van der Waals surface area contributed by atoms with E-state index in [1.54, 1.807) is 19.2 Å². The highest BCUT2D eigenvalue weighted by Gasteiger charge is 2.20. The number of rotatable bonds is 6. The minimum atomic E-state index is -3.47. The molecule has 0 heterocycles. The molecule has 1 aromatic carbocycles. The van der Waals surface area contributed by atoms with Crippen LogP contribution in [0.25, 0.3) is 0 Å². The summed E-state index contributed by atoms with van der Waals surface area (Å²) in [5, 5.41) is 6.48. The second-order valence-electron chi connectivity index (χ2n) is 6.00. The van der Waals surface area contributed by atoms with Crippen LogP contribution < -0.4 is 10.6 Å². The summed E-state index contributed by atoms with van der Waals surface area (Å²) in [6, 6.07) is 7.26. The van der Waals surface area contributed by atoms with Gasteiger partial charge in [-0.1, -0.05) is 32.0 Å². The number of nitrogens with zero attached hydrogens (tertiary/aromatic N) is 2. The summed E-state index contributed by atoms with van der Waals surface area (Å²) < 4.78 is 26.0. The SMILES string of the molecule is CN=C(NCc1ccccc1S(=O)(=O)N(C)C)NC(C)C(C)C. The first-order valence-corrected chi connectivity index (χ1v) is 9.11. The van der Waals surface area contributed by atoms with E-state index in [4.69, 9.17) is 0 Å². The molecule has 7 heteroatoms. The highest BCUT2D eigenvalue weighted by molar-refractivity contribution is 7.89. The molecule has 0 fully saturated rings. The van der Waals surface area contributed by atoms with Gasteiger partial charge in [-0.05, 0) is 24.5 Å². The largest absolute Gasteiger partial charge is 0.354 e. The summed E-state index contributed by atoms with van der Waals surface area (Å²) in [4.78, 5) is 4.50. The van der Waals surface area contributed by atoms with Crippen molar-refractivity contribution in [2.75, 3.05) is 21.1 Å². The van der Waals surface area contributed by atoms with Crippen LogP contribution in [0.4, 0.5) is 0 Å². The molecule has 130 valence electrons. The third-order valence-electron chi connectivity index (χ3n) is 3.77. The number of hydrogen-bond acceptors (Lipinski definition) is 3. The third kappa shape index (κ3) is 5.21. The normalized spacial score (nSPS) is 14.2. The Morgan fingerprint density at radius 2 is 1.83 bits per heavy atom. The Morgan fingerprint density at radius 3 is 2.35 bits per heavy atom. The molecule has 0 saturated carbocycles. The molecule has 0 saturated heterocycles. The molecule has 1 atom stereocenters. The minimum Gasteiger partial charge on any atom is -0.354 e. The molecular weight excluding hydrogens is 312 g/mol. The number of nitrogens with one attached hydrogen (secondary N) is 2. The van der Waals surface area contributed by atoms with Crippen LogP contribution in [0.15, 0.2) is 34.2 Å². The maximum atomic E-state index is 12.4. The van der Waals surface area contributed by atoms with Gasteiger partial charge >= 0.3 is 0 Å². The Bertz CT molecular complexity index is 639. The van der Waals surface area contributed by atoms with Crippen LogP contribution in [-0.2, 0) is 16.6 Å². The van der Waals surface area contributed by atoms with Crippen molar-refractivity contribution in [2.45, 2.75) is 38.3 Å². The van der Waals surface area contributed by atoms with Gasteiger partial charge in [-0.15, -0.1) is 0 Å². The average molecular weight is 340 g/mol. The first kappa shape index (κ1) is 19.4. The molecule has 1 aromatic rings. The van der Waals surface area contributed by atoms with Gasteiger partial charge in [0.1, 0.15) is 0 Å².